The number of amides is 1. The van der Waals surface area contributed by atoms with Crippen LogP contribution in [0.1, 0.15) is 45.1 Å². The van der Waals surface area contributed by atoms with Crippen molar-refractivity contribution in [3.8, 4) is 5.75 Å². The minimum Gasteiger partial charge on any atom is -0.483 e. The fraction of sp³-hybridized carbons (Fsp3) is 0.588. The molecule has 116 valence electrons. The zero-order valence-corrected chi connectivity index (χ0v) is 13.1. The minimum absolute atomic E-state index is 0.0314. The van der Waals surface area contributed by atoms with Gasteiger partial charge in [0.05, 0.1) is 12.1 Å². The Morgan fingerprint density at radius 2 is 2.14 bits per heavy atom. The average molecular weight is 291 g/mol. The van der Waals surface area contributed by atoms with Gasteiger partial charge in [-0.2, -0.15) is 0 Å². The topological polar surface area (TPSA) is 47.6 Å². The van der Waals surface area contributed by atoms with E-state index in [9.17, 15) is 4.79 Å². The fourth-order valence-corrected chi connectivity index (χ4v) is 2.62. The summed E-state index contributed by atoms with van der Waals surface area (Å²) in [6.45, 7) is 7.05. The van der Waals surface area contributed by atoms with E-state index >= 15 is 0 Å². The first kappa shape index (κ1) is 15.8. The van der Waals surface area contributed by atoms with Gasteiger partial charge in [-0.15, -0.1) is 0 Å². The van der Waals surface area contributed by atoms with Gasteiger partial charge in [0.1, 0.15) is 5.75 Å². The molecule has 1 heterocycles. The third kappa shape index (κ3) is 4.46. The normalized spacial score (nSPS) is 19.5. The second-order valence-corrected chi connectivity index (χ2v) is 5.89. The van der Waals surface area contributed by atoms with Crippen molar-refractivity contribution in [1.82, 2.24) is 5.32 Å². The highest BCUT2D eigenvalue weighted by Gasteiger charge is 2.23. The van der Waals surface area contributed by atoms with E-state index in [-0.39, 0.29) is 24.7 Å². The molecule has 1 aliphatic rings. The fourth-order valence-electron chi connectivity index (χ4n) is 2.62. The van der Waals surface area contributed by atoms with Crippen molar-refractivity contribution < 1.29 is 14.3 Å². The van der Waals surface area contributed by atoms with Crippen LogP contribution in [0.3, 0.4) is 0 Å². The van der Waals surface area contributed by atoms with Crippen LogP contribution >= 0.6 is 0 Å². The zero-order chi connectivity index (χ0) is 15.2. The van der Waals surface area contributed by atoms with Gasteiger partial charge in [-0.3, -0.25) is 4.79 Å². The van der Waals surface area contributed by atoms with Crippen molar-refractivity contribution in [2.75, 3.05) is 13.2 Å². The number of nitrogens with one attached hydrogen (secondary N) is 1. The molecule has 1 N–H and O–H groups in total. The van der Waals surface area contributed by atoms with Crippen molar-refractivity contribution in [1.29, 1.82) is 0 Å². The van der Waals surface area contributed by atoms with Gasteiger partial charge in [0.25, 0.3) is 5.91 Å². The van der Waals surface area contributed by atoms with E-state index in [4.69, 9.17) is 9.47 Å². The molecular weight excluding hydrogens is 266 g/mol. The highest BCUT2D eigenvalue weighted by atomic mass is 16.5. The van der Waals surface area contributed by atoms with Crippen LogP contribution in [0.4, 0.5) is 0 Å². The summed E-state index contributed by atoms with van der Waals surface area (Å²) in [5.41, 5.74) is 1.12. The van der Waals surface area contributed by atoms with Crippen LogP contribution in [0.5, 0.6) is 5.75 Å². The van der Waals surface area contributed by atoms with E-state index in [0.29, 0.717) is 5.92 Å². The molecule has 4 heteroatoms. The molecule has 1 saturated heterocycles. The van der Waals surface area contributed by atoms with Crippen molar-refractivity contribution in [3.05, 3.63) is 29.8 Å². The lowest BCUT2D eigenvalue weighted by atomic mass is 10.0. The molecule has 1 aromatic rings. The molecule has 0 spiro atoms. The quantitative estimate of drug-likeness (QED) is 0.876. The smallest absolute Gasteiger partial charge is 0.258 e. The van der Waals surface area contributed by atoms with Crippen molar-refractivity contribution in [3.63, 3.8) is 0 Å². The Labute approximate surface area is 126 Å². The Bertz CT molecular complexity index is 467. The second-order valence-electron chi connectivity index (χ2n) is 5.89. The first-order chi connectivity index (χ1) is 10.1. The Balaban J connectivity index is 1.83. The van der Waals surface area contributed by atoms with Gasteiger partial charge < -0.3 is 14.8 Å². The summed E-state index contributed by atoms with van der Waals surface area (Å²) in [6.07, 6.45) is 2.22. The molecule has 2 rings (SSSR count). The maximum atomic E-state index is 12.0. The Kier molecular flexibility index (Phi) is 5.62. The van der Waals surface area contributed by atoms with Crippen LogP contribution in [0, 0.1) is 0 Å². The molecule has 1 aromatic carbocycles. The number of hydrogen-bond donors (Lipinski definition) is 1. The molecule has 21 heavy (non-hydrogen) atoms. The maximum Gasteiger partial charge on any atom is 0.258 e. The summed E-state index contributed by atoms with van der Waals surface area (Å²) < 4.78 is 11.2. The molecule has 0 saturated carbocycles. The lowest BCUT2D eigenvalue weighted by Gasteiger charge is -2.20. The molecule has 4 nitrogen and oxygen atoms in total. The predicted molar refractivity (Wildman–Crippen MR) is 82.6 cm³/mol. The molecule has 0 unspecified atom stereocenters. The third-order valence-electron chi connectivity index (χ3n) is 3.81. The molecule has 0 radical (unpaired) electrons. The van der Waals surface area contributed by atoms with E-state index in [2.05, 4.69) is 19.2 Å². The molecule has 0 bridgehead atoms. The summed E-state index contributed by atoms with van der Waals surface area (Å²) >= 11 is 0. The molecule has 0 aromatic heterocycles. The summed E-state index contributed by atoms with van der Waals surface area (Å²) in [6, 6.07) is 7.89. The zero-order valence-electron chi connectivity index (χ0n) is 13.1. The van der Waals surface area contributed by atoms with Crippen LogP contribution in [0.15, 0.2) is 24.3 Å². The summed E-state index contributed by atoms with van der Waals surface area (Å²) in [4.78, 5) is 12.0. The van der Waals surface area contributed by atoms with Gasteiger partial charge >= 0.3 is 0 Å². The monoisotopic (exact) mass is 291 g/mol. The molecular formula is C17H25NO3. The second kappa shape index (κ2) is 7.46. The van der Waals surface area contributed by atoms with Gasteiger partial charge in [0, 0.05) is 6.61 Å². The Hall–Kier alpha value is -1.55. The molecule has 1 amide bonds. The van der Waals surface area contributed by atoms with E-state index < -0.39 is 0 Å². The molecule has 2 atom stereocenters. The van der Waals surface area contributed by atoms with Crippen LogP contribution in [-0.4, -0.2) is 31.3 Å². The SMILES string of the molecule is CC(C)c1ccccc1OCC(=O)N[C@H](C)[C@@H]1CCCO1. The van der Waals surface area contributed by atoms with Crippen molar-refractivity contribution >= 4 is 5.91 Å². The van der Waals surface area contributed by atoms with E-state index in [1.165, 1.54) is 0 Å². The van der Waals surface area contributed by atoms with Crippen molar-refractivity contribution in [2.45, 2.75) is 51.7 Å². The number of carbonyl (C=O) groups excluding carboxylic acids is 1. The summed E-state index contributed by atoms with van der Waals surface area (Å²) in [7, 11) is 0. The van der Waals surface area contributed by atoms with E-state index in [1.54, 1.807) is 0 Å². The van der Waals surface area contributed by atoms with Gasteiger partial charge in [0.2, 0.25) is 0 Å². The highest BCUT2D eigenvalue weighted by molar-refractivity contribution is 5.77. The van der Waals surface area contributed by atoms with E-state index in [1.807, 2.05) is 31.2 Å². The minimum atomic E-state index is -0.100. The molecule has 0 aliphatic carbocycles. The standard InChI is InChI=1S/C17H25NO3/c1-12(2)14-7-4-5-8-16(14)21-11-17(19)18-13(3)15-9-6-10-20-15/h4-5,7-8,12-13,15H,6,9-11H2,1-3H3,(H,18,19)/t13-,15+/m1/s1. The highest BCUT2D eigenvalue weighted by Crippen LogP contribution is 2.25. The van der Waals surface area contributed by atoms with Gasteiger partial charge in [-0.05, 0) is 37.3 Å². The largest absolute Gasteiger partial charge is 0.483 e. The number of benzene rings is 1. The number of para-hydroxylation sites is 1. The number of hydrogen-bond acceptors (Lipinski definition) is 3. The Morgan fingerprint density at radius 3 is 2.81 bits per heavy atom. The number of ether oxygens (including phenoxy) is 2. The van der Waals surface area contributed by atoms with Gasteiger partial charge in [-0.25, -0.2) is 0 Å². The van der Waals surface area contributed by atoms with Crippen LogP contribution in [0.2, 0.25) is 0 Å². The first-order valence-corrected chi connectivity index (χ1v) is 7.70. The number of rotatable bonds is 6. The molecule has 1 fully saturated rings. The van der Waals surface area contributed by atoms with Crippen molar-refractivity contribution in [2.24, 2.45) is 0 Å². The maximum absolute atomic E-state index is 12.0. The lowest BCUT2D eigenvalue weighted by Crippen LogP contribution is -2.42. The van der Waals surface area contributed by atoms with Crippen LogP contribution in [0.25, 0.3) is 0 Å². The van der Waals surface area contributed by atoms with Crippen LogP contribution in [-0.2, 0) is 9.53 Å². The van der Waals surface area contributed by atoms with Gasteiger partial charge in [-0.1, -0.05) is 32.0 Å². The van der Waals surface area contributed by atoms with E-state index in [0.717, 1.165) is 30.8 Å². The number of carbonyl (C=O) groups is 1. The Morgan fingerprint density at radius 1 is 1.38 bits per heavy atom. The lowest BCUT2D eigenvalue weighted by molar-refractivity contribution is -0.124. The summed E-state index contributed by atoms with van der Waals surface area (Å²) in [5, 5.41) is 2.95. The first-order valence-electron chi connectivity index (χ1n) is 7.70. The van der Waals surface area contributed by atoms with Gasteiger partial charge in [0.15, 0.2) is 6.61 Å². The van der Waals surface area contributed by atoms with Crippen LogP contribution < -0.4 is 10.1 Å². The summed E-state index contributed by atoms with van der Waals surface area (Å²) in [5.74, 6) is 1.05. The molecule has 1 aliphatic heterocycles. The third-order valence-corrected chi connectivity index (χ3v) is 3.81. The predicted octanol–water partition coefficient (Wildman–Crippen LogP) is 2.87. The average Bonchev–Trinajstić information content (AvgIpc) is 2.99.